The van der Waals surface area contributed by atoms with Gasteiger partial charge in [-0.15, -0.1) is 0 Å². The summed E-state index contributed by atoms with van der Waals surface area (Å²) in [6, 6.07) is 2.57. The van der Waals surface area contributed by atoms with Crippen molar-refractivity contribution in [3.05, 3.63) is 24.0 Å². The minimum absolute atomic E-state index is 0.354. The van der Waals surface area contributed by atoms with Crippen LogP contribution >= 0.6 is 0 Å². The van der Waals surface area contributed by atoms with E-state index >= 15 is 0 Å². The van der Waals surface area contributed by atoms with Crippen LogP contribution in [0, 0.1) is 0 Å². The highest BCUT2D eigenvalue weighted by molar-refractivity contribution is 5.32. The van der Waals surface area contributed by atoms with Crippen molar-refractivity contribution in [2.75, 3.05) is 0 Å². The van der Waals surface area contributed by atoms with E-state index in [9.17, 15) is 18.3 Å². The molecule has 1 N–H and O–H groups in total. The van der Waals surface area contributed by atoms with E-state index in [1.807, 2.05) is 0 Å². The van der Waals surface area contributed by atoms with Crippen LogP contribution in [0.15, 0.2) is 18.3 Å². The molecule has 0 spiro atoms. The monoisotopic (exact) mass is 205 g/mol. The maximum Gasteiger partial charge on any atom is 0.399 e. The van der Waals surface area contributed by atoms with Gasteiger partial charge in [-0.1, -0.05) is 0 Å². The first kappa shape index (κ1) is 10.8. The molecular weight excluding hydrogens is 195 g/mol. The standard InChI is InChI=1S/C9H10F3NO/c1-8(2,9(10,11)12)7-6(14)4-3-5-13-7/h3-5,14H,1-2H3. The third kappa shape index (κ3) is 1.66. The molecule has 78 valence electrons. The van der Waals surface area contributed by atoms with Crippen molar-refractivity contribution in [2.24, 2.45) is 0 Å². The molecule has 1 aromatic heterocycles. The van der Waals surface area contributed by atoms with Crippen molar-refractivity contribution in [3.8, 4) is 5.75 Å². The van der Waals surface area contributed by atoms with Crippen LogP contribution < -0.4 is 0 Å². The number of aromatic hydroxyl groups is 1. The Hall–Kier alpha value is -1.26. The molecule has 1 rings (SSSR count). The highest BCUT2D eigenvalue weighted by Gasteiger charge is 2.50. The summed E-state index contributed by atoms with van der Waals surface area (Å²) in [6.07, 6.45) is -3.21. The molecule has 0 fully saturated rings. The number of hydrogen-bond donors (Lipinski definition) is 1. The Labute approximate surface area is 79.4 Å². The molecule has 0 bridgehead atoms. The van der Waals surface area contributed by atoms with E-state index < -0.39 is 17.3 Å². The molecule has 0 unspecified atom stereocenters. The number of aromatic nitrogens is 1. The quantitative estimate of drug-likeness (QED) is 0.764. The van der Waals surface area contributed by atoms with Crippen molar-refractivity contribution in [1.82, 2.24) is 4.98 Å². The van der Waals surface area contributed by atoms with Crippen LogP contribution in [0.2, 0.25) is 0 Å². The second-order valence-corrected chi connectivity index (χ2v) is 3.49. The fourth-order valence-electron chi connectivity index (χ4n) is 1.01. The van der Waals surface area contributed by atoms with Gasteiger partial charge < -0.3 is 5.11 Å². The summed E-state index contributed by atoms with van der Waals surface area (Å²) in [5, 5.41) is 9.25. The Kier molecular flexibility index (Phi) is 2.43. The Bertz CT molecular complexity index is 333. The predicted octanol–water partition coefficient (Wildman–Crippen LogP) is 2.63. The van der Waals surface area contributed by atoms with Crippen molar-refractivity contribution < 1.29 is 18.3 Å². The average Bonchev–Trinajstić information content (AvgIpc) is 2.02. The molecule has 0 atom stereocenters. The Morgan fingerprint density at radius 1 is 1.29 bits per heavy atom. The number of halogens is 3. The fourth-order valence-corrected chi connectivity index (χ4v) is 1.01. The van der Waals surface area contributed by atoms with Gasteiger partial charge in [0.05, 0.1) is 5.69 Å². The summed E-state index contributed by atoms with van der Waals surface area (Å²) in [7, 11) is 0. The van der Waals surface area contributed by atoms with E-state index in [-0.39, 0.29) is 5.69 Å². The molecule has 0 aliphatic rings. The van der Waals surface area contributed by atoms with E-state index in [1.54, 1.807) is 0 Å². The number of nitrogens with zero attached hydrogens (tertiary/aromatic N) is 1. The fraction of sp³-hybridized carbons (Fsp3) is 0.444. The van der Waals surface area contributed by atoms with Crippen LogP contribution in [-0.2, 0) is 5.41 Å². The summed E-state index contributed by atoms with van der Waals surface area (Å²) in [5.41, 5.74) is -2.49. The van der Waals surface area contributed by atoms with E-state index in [0.29, 0.717) is 0 Å². The maximum absolute atomic E-state index is 12.5. The van der Waals surface area contributed by atoms with E-state index in [4.69, 9.17) is 0 Å². The van der Waals surface area contributed by atoms with Gasteiger partial charge in [-0.05, 0) is 26.0 Å². The first-order valence-corrected chi connectivity index (χ1v) is 3.98. The summed E-state index contributed by atoms with van der Waals surface area (Å²) in [4.78, 5) is 3.55. The number of hydrogen-bond acceptors (Lipinski definition) is 2. The molecule has 1 heterocycles. The molecule has 0 aliphatic heterocycles. The van der Waals surface area contributed by atoms with Gasteiger partial charge in [0.15, 0.2) is 0 Å². The zero-order valence-electron chi connectivity index (χ0n) is 7.76. The minimum Gasteiger partial charge on any atom is -0.506 e. The van der Waals surface area contributed by atoms with Crippen LogP contribution in [0.25, 0.3) is 0 Å². The number of rotatable bonds is 1. The zero-order chi connectivity index (χ0) is 11.0. The normalized spacial score (nSPS) is 12.9. The molecule has 0 aromatic carbocycles. The van der Waals surface area contributed by atoms with Crippen LogP contribution in [-0.4, -0.2) is 16.3 Å². The van der Waals surface area contributed by atoms with Gasteiger partial charge in [-0.25, -0.2) is 0 Å². The van der Waals surface area contributed by atoms with Gasteiger partial charge in [0.1, 0.15) is 11.2 Å². The summed E-state index contributed by atoms with van der Waals surface area (Å²) >= 11 is 0. The van der Waals surface area contributed by atoms with Crippen LogP contribution in [0.4, 0.5) is 13.2 Å². The van der Waals surface area contributed by atoms with Crippen LogP contribution in [0.3, 0.4) is 0 Å². The second-order valence-electron chi connectivity index (χ2n) is 3.49. The SMILES string of the molecule is CC(C)(c1ncccc1O)C(F)(F)F. The molecule has 0 radical (unpaired) electrons. The molecule has 0 saturated heterocycles. The van der Waals surface area contributed by atoms with Gasteiger partial charge in [0.25, 0.3) is 0 Å². The molecule has 0 aliphatic carbocycles. The van der Waals surface area contributed by atoms with Crippen LogP contribution in [0.5, 0.6) is 5.75 Å². The van der Waals surface area contributed by atoms with E-state index in [2.05, 4.69) is 4.98 Å². The van der Waals surface area contributed by atoms with Gasteiger partial charge in [0.2, 0.25) is 0 Å². The Morgan fingerprint density at radius 2 is 1.86 bits per heavy atom. The van der Waals surface area contributed by atoms with Gasteiger partial charge >= 0.3 is 6.18 Å². The van der Waals surface area contributed by atoms with Crippen molar-refractivity contribution in [3.63, 3.8) is 0 Å². The Balaban J connectivity index is 3.23. The highest BCUT2D eigenvalue weighted by Crippen LogP contribution is 2.42. The highest BCUT2D eigenvalue weighted by atomic mass is 19.4. The van der Waals surface area contributed by atoms with Gasteiger partial charge in [-0.3, -0.25) is 4.98 Å². The number of alkyl halides is 3. The zero-order valence-corrected chi connectivity index (χ0v) is 7.76. The number of pyridine rings is 1. The lowest BCUT2D eigenvalue weighted by Crippen LogP contribution is -2.37. The van der Waals surface area contributed by atoms with E-state index in [0.717, 1.165) is 13.8 Å². The average molecular weight is 205 g/mol. The minimum atomic E-state index is -4.43. The van der Waals surface area contributed by atoms with E-state index in [1.165, 1.54) is 18.3 Å². The summed E-state index contributed by atoms with van der Waals surface area (Å²) < 4.78 is 37.6. The first-order chi connectivity index (χ1) is 6.27. The van der Waals surface area contributed by atoms with Crippen LogP contribution in [0.1, 0.15) is 19.5 Å². The summed E-state index contributed by atoms with van der Waals surface area (Å²) in [6.45, 7) is 1.96. The lowest BCUT2D eigenvalue weighted by atomic mass is 9.87. The van der Waals surface area contributed by atoms with Crippen molar-refractivity contribution in [2.45, 2.75) is 25.4 Å². The second kappa shape index (κ2) is 3.15. The molecule has 0 saturated carbocycles. The van der Waals surface area contributed by atoms with Crippen molar-refractivity contribution >= 4 is 0 Å². The Morgan fingerprint density at radius 3 is 2.29 bits per heavy atom. The summed E-state index contributed by atoms with van der Waals surface area (Å²) in [5.74, 6) is -0.435. The van der Waals surface area contributed by atoms with Gasteiger partial charge in [0, 0.05) is 6.20 Å². The molecule has 5 heteroatoms. The largest absolute Gasteiger partial charge is 0.506 e. The first-order valence-electron chi connectivity index (χ1n) is 3.98. The molecule has 2 nitrogen and oxygen atoms in total. The lowest BCUT2D eigenvalue weighted by molar-refractivity contribution is -0.181. The molecular formula is C9H10F3NO. The van der Waals surface area contributed by atoms with Crippen molar-refractivity contribution in [1.29, 1.82) is 0 Å². The molecule has 1 aromatic rings. The maximum atomic E-state index is 12.5. The topological polar surface area (TPSA) is 33.1 Å². The smallest absolute Gasteiger partial charge is 0.399 e. The third-order valence-corrected chi connectivity index (χ3v) is 2.09. The third-order valence-electron chi connectivity index (χ3n) is 2.09. The molecule has 0 amide bonds. The van der Waals surface area contributed by atoms with Gasteiger partial charge in [-0.2, -0.15) is 13.2 Å². The molecule has 14 heavy (non-hydrogen) atoms. The lowest BCUT2D eigenvalue weighted by Gasteiger charge is -2.27. The predicted molar refractivity (Wildman–Crippen MR) is 45.0 cm³/mol.